The van der Waals surface area contributed by atoms with Crippen molar-refractivity contribution in [3.63, 3.8) is 0 Å². The molecule has 2 aromatic carbocycles. The second kappa shape index (κ2) is 11.6. The number of H-pyrrole nitrogens is 1. The van der Waals surface area contributed by atoms with Crippen molar-refractivity contribution in [1.82, 2.24) is 24.9 Å². The number of urea groups is 1. The van der Waals surface area contributed by atoms with Crippen molar-refractivity contribution < 1.29 is 23.9 Å². The summed E-state index contributed by atoms with van der Waals surface area (Å²) >= 11 is 0. The molecule has 4 aliphatic rings. The normalized spacial score (nSPS) is 21.2. The molecule has 2 N–H and O–H groups in total. The van der Waals surface area contributed by atoms with E-state index in [0.29, 0.717) is 78.0 Å². The fourth-order valence-electron chi connectivity index (χ4n) is 7.05. The number of piperidine rings is 2. The zero-order valence-corrected chi connectivity index (χ0v) is 24.3. The minimum absolute atomic E-state index is 0.00651. The number of hydrogen-bond donors (Lipinski definition) is 2. The predicted octanol–water partition coefficient (Wildman–Crippen LogP) is 3.52. The van der Waals surface area contributed by atoms with Crippen molar-refractivity contribution in [3.8, 4) is 0 Å². The molecule has 5 heterocycles. The summed E-state index contributed by atoms with van der Waals surface area (Å²) in [5.74, 6) is -1.04. The molecule has 1 aromatic heterocycles. The zero-order valence-electron chi connectivity index (χ0n) is 24.3. The first kappa shape index (κ1) is 27.8. The van der Waals surface area contributed by atoms with Gasteiger partial charge in [-0.05, 0) is 48.6 Å². The van der Waals surface area contributed by atoms with Crippen LogP contribution in [0, 0.1) is 5.92 Å². The van der Waals surface area contributed by atoms with Crippen LogP contribution in [0.5, 0.6) is 0 Å². The van der Waals surface area contributed by atoms with Crippen molar-refractivity contribution in [2.24, 2.45) is 5.92 Å². The van der Waals surface area contributed by atoms with Crippen molar-refractivity contribution in [3.05, 3.63) is 59.8 Å². The molecule has 226 valence electrons. The Labute approximate surface area is 250 Å². The Morgan fingerprint density at radius 1 is 1.00 bits per heavy atom. The first-order valence-corrected chi connectivity index (χ1v) is 15.4. The van der Waals surface area contributed by atoms with Gasteiger partial charge in [-0.1, -0.05) is 24.3 Å². The van der Waals surface area contributed by atoms with Gasteiger partial charge in [0.2, 0.25) is 11.8 Å². The Balaban J connectivity index is 1.01. The molecule has 1 spiro atoms. The highest BCUT2D eigenvalue weighted by molar-refractivity contribution is 5.92. The molecule has 3 saturated heterocycles. The number of carbonyl (C=O) groups is 3. The van der Waals surface area contributed by atoms with Crippen molar-refractivity contribution >= 4 is 34.4 Å². The van der Waals surface area contributed by atoms with Crippen LogP contribution in [0.25, 0.3) is 10.9 Å². The van der Waals surface area contributed by atoms with Gasteiger partial charge in [0.1, 0.15) is 0 Å². The maximum absolute atomic E-state index is 13.9. The maximum Gasteiger partial charge on any atom is 0.322 e. The van der Waals surface area contributed by atoms with Gasteiger partial charge in [-0.3, -0.25) is 14.7 Å². The van der Waals surface area contributed by atoms with Crippen LogP contribution in [0.1, 0.15) is 43.2 Å². The molecule has 1 atom stereocenters. The van der Waals surface area contributed by atoms with Gasteiger partial charge in [0, 0.05) is 69.1 Å². The molecule has 43 heavy (non-hydrogen) atoms. The lowest BCUT2D eigenvalue weighted by Crippen LogP contribution is -2.52. The summed E-state index contributed by atoms with van der Waals surface area (Å²) in [6.07, 6.45) is 5.11. The van der Waals surface area contributed by atoms with Crippen LogP contribution >= 0.6 is 0 Å². The van der Waals surface area contributed by atoms with Crippen LogP contribution in [0.15, 0.2) is 48.7 Å². The van der Waals surface area contributed by atoms with E-state index in [4.69, 9.17) is 9.47 Å². The topological polar surface area (TPSA) is 120 Å². The number of hydrogen-bond acceptors (Lipinski definition) is 6. The predicted molar refractivity (Wildman–Crippen MR) is 159 cm³/mol. The highest BCUT2D eigenvalue weighted by atomic mass is 16.7. The number of anilines is 1. The molecule has 3 aromatic rings. The van der Waals surface area contributed by atoms with Crippen LogP contribution in [0.4, 0.5) is 10.5 Å². The number of rotatable bonds is 6. The van der Waals surface area contributed by atoms with E-state index in [-0.39, 0.29) is 30.3 Å². The number of nitrogens with one attached hydrogen (secondary N) is 2. The molecule has 7 rings (SSSR count). The van der Waals surface area contributed by atoms with Gasteiger partial charge < -0.3 is 29.5 Å². The van der Waals surface area contributed by atoms with E-state index in [1.54, 1.807) is 6.20 Å². The second-order valence-electron chi connectivity index (χ2n) is 12.2. The molecule has 11 heteroatoms. The van der Waals surface area contributed by atoms with E-state index < -0.39 is 11.7 Å². The third-order valence-electron chi connectivity index (χ3n) is 9.53. The number of fused-ring (bicyclic) bond motifs is 2. The third-order valence-corrected chi connectivity index (χ3v) is 9.53. The number of aromatic nitrogens is 2. The summed E-state index contributed by atoms with van der Waals surface area (Å²) in [7, 11) is 0. The minimum atomic E-state index is -0.563. The first-order chi connectivity index (χ1) is 21.0. The summed E-state index contributed by atoms with van der Waals surface area (Å²) in [5, 5.41) is 11.1. The standard InChI is InChI=1S/C32H38N6O5/c39-29(36-11-7-26(8-12-36)38-21-23-3-1-2-4-27(23)34-31(38)41)19-24(17-22-5-6-28-25(18-22)20-33-35-28)30(40)37-13-9-32(10-14-37)42-15-16-43-32/h1-6,18,20,24,26H,7-17,19,21H2,(H,33,35)(H,34,41). The van der Waals surface area contributed by atoms with Crippen LogP contribution < -0.4 is 5.32 Å². The Morgan fingerprint density at radius 3 is 2.56 bits per heavy atom. The summed E-state index contributed by atoms with van der Waals surface area (Å²) in [6, 6.07) is 13.9. The lowest BCUT2D eigenvalue weighted by Gasteiger charge is -2.41. The Morgan fingerprint density at radius 2 is 1.77 bits per heavy atom. The minimum Gasteiger partial charge on any atom is -0.347 e. The van der Waals surface area contributed by atoms with E-state index in [0.717, 1.165) is 27.7 Å². The van der Waals surface area contributed by atoms with Gasteiger partial charge in [0.15, 0.2) is 5.79 Å². The van der Waals surface area contributed by atoms with Crippen LogP contribution in [0.2, 0.25) is 0 Å². The number of carbonyl (C=O) groups excluding carboxylic acids is 3. The molecular weight excluding hydrogens is 548 g/mol. The van der Waals surface area contributed by atoms with Crippen molar-refractivity contribution in [1.29, 1.82) is 0 Å². The lowest BCUT2D eigenvalue weighted by molar-refractivity contribution is -0.188. The summed E-state index contributed by atoms with van der Waals surface area (Å²) < 4.78 is 11.7. The van der Waals surface area contributed by atoms with Gasteiger partial charge in [-0.15, -0.1) is 0 Å². The first-order valence-electron chi connectivity index (χ1n) is 15.4. The number of para-hydroxylation sites is 1. The number of amides is 4. The number of likely N-dealkylation sites (tertiary alicyclic amines) is 2. The van der Waals surface area contributed by atoms with Crippen LogP contribution in [0.3, 0.4) is 0 Å². The Kier molecular flexibility index (Phi) is 7.52. The van der Waals surface area contributed by atoms with Crippen molar-refractivity contribution in [2.75, 3.05) is 44.7 Å². The molecule has 11 nitrogen and oxygen atoms in total. The van der Waals surface area contributed by atoms with Crippen LogP contribution in [-0.2, 0) is 32.0 Å². The average Bonchev–Trinajstić information content (AvgIpc) is 3.70. The monoisotopic (exact) mass is 586 g/mol. The quantitative estimate of drug-likeness (QED) is 0.456. The molecule has 0 radical (unpaired) electrons. The number of benzene rings is 2. The number of nitrogens with zero attached hydrogens (tertiary/aromatic N) is 4. The fourth-order valence-corrected chi connectivity index (χ4v) is 7.05. The Hall–Kier alpha value is -3.96. The van der Waals surface area contributed by atoms with Gasteiger partial charge in [0.05, 0.1) is 30.8 Å². The highest BCUT2D eigenvalue weighted by Crippen LogP contribution is 2.33. The lowest BCUT2D eigenvalue weighted by atomic mass is 9.91. The summed E-state index contributed by atoms with van der Waals surface area (Å²) in [5.41, 5.74) is 3.91. The van der Waals surface area contributed by atoms with Crippen LogP contribution in [-0.4, -0.2) is 94.0 Å². The highest BCUT2D eigenvalue weighted by Gasteiger charge is 2.42. The molecule has 4 amide bonds. The number of ether oxygens (including phenoxy) is 2. The molecule has 0 bridgehead atoms. The largest absolute Gasteiger partial charge is 0.347 e. The smallest absolute Gasteiger partial charge is 0.322 e. The van der Waals surface area contributed by atoms with Gasteiger partial charge >= 0.3 is 6.03 Å². The van der Waals surface area contributed by atoms with Gasteiger partial charge in [-0.25, -0.2) is 4.79 Å². The average molecular weight is 587 g/mol. The molecule has 4 aliphatic heterocycles. The van der Waals surface area contributed by atoms with Gasteiger partial charge in [-0.2, -0.15) is 5.10 Å². The summed E-state index contributed by atoms with van der Waals surface area (Å²) in [4.78, 5) is 46.1. The Bertz CT molecular complexity index is 1500. The third kappa shape index (κ3) is 5.71. The zero-order chi connectivity index (χ0) is 29.4. The van der Waals surface area contributed by atoms with E-state index in [1.165, 1.54) is 0 Å². The molecular formula is C32H38N6O5. The molecule has 1 unspecified atom stereocenters. The summed E-state index contributed by atoms with van der Waals surface area (Å²) in [6.45, 7) is 4.00. The van der Waals surface area contributed by atoms with E-state index in [9.17, 15) is 14.4 Å². The molecule has 0 saturated carbocycles. The second-order valence-corrected chi connectivity index (χ2v) is 12.2. The molecule has 0 aliphatic carbocycles. The van der Waals surface area contributed by atoms with Gasteiger partial charge in [0.25, 0.3) is 0 Å². The fraction of sp³-hybridized carbons (Fsp3) is 0.500. The van der Waals surface area contributed by atoms with E-state index >= 15 is 0 Å². The van der Waals surface area contributed by atoms with Crippen molar-refractivity contribution in [2.45, 2.75) is 56.9 Å². The van der Waals surface area contributed by atoms with E-state index in [2.05, 4.69) is 15.5 Å². The SMILES string of the molecule is O=C(CC(Cc1ccc2[nH]ncc2c1)C(=O)N1CCC2(CC1)OCCO2)N1CCC(N2Cc3ccccc3NC2=O)CC1. The van der Waals surface area contributed by atoms with E-state index in [1.807, 2.05) is 57.2 Å². The number of aromatic amines is 1. The molecule has 3 fully saturated rings. The maximum atomic E-state index is 13.9.